The maximum absolute atomic E-state index is 5.64. The summed E-state index contributed by atoms with van der Waals surface area (Å²) in [7, 11) is 0. The van der Waals surface area contributed by atoms with E-state index < -0.39 is 0 Å². The third kappa shape index (κ3) is 3.04. The molecule has 0 spiro atoms. The lowest BCUT2D eigenvalue weighted by Crippen LogP contribution is -1.83. The van der Waals surface area contributed by atoms with Crippen LogP contribution in [0.3, 0.4) is 0 Å². The van der Waals surface area contributed by atoms with Gasteiger partial charge in [-0.05, 0) is 42.7 Å². The van der Waals surface area contributed by atoms with E-state index in [4.69, 9.17) is 4.42 Å². The summed E-state index contributed by atoms with van der Waals surface area (Å²) in [6, 6.07) is 17.1. The molecular weight excluding hydrogens is 280 g/mol. The number of rotatable bonds is 4. The zero-order valence-electron chi connectivity index (χ0n) is 13.5. The number of furan rings is 1. The van der Waals surface area contributed by atoms with E-state index in [1.807, 2.05) is 13.0 Å². The first kappa shape index (κ1) is 15.1. The van der Waals surface area contributed by atoms with Crippen LogP contribution in [0.4, 0.5) is 0 Å². The number of hydrogen-bond donors (Lipinski definition) is 0. The Morgan fingerprint density at radius 2 is 1.70 bits per heavy atom. The third-order valence-corrected chi connectivity index (χ3v) is 3.94. The summed E-state index contributed by atoms with van der Waals surface area (Å²) in [6.45, 7) is 7.94. The molecule has 0 saturated carbocycles. The van der Waals surface area contributed by atoms with E-state index in [0.29, 0.717) is 0 Å². The second-order valence-corrected chi connectivity index (χ2v) is 5.58. The van der Waals surface area contributed by atoms with Crippen LogP contribution in [0.15, 0.2) is 71.9 Å². The van der Waals surface area contributed by atoms with Crippen molar-refractivity contribution in [1.29, 1.82) is 0 Å². The summed E-state index contributed by atoms with van der Waals surface area (Å²) < 4.78 is 5.64. The molecule has 1 heterocycles. The predicted molar refractivity (Wildman–Crippen MR) is 99.1 cm³/mol. The summed E-state index contributed by atoms with van der Waals surface area (Å²) in [5.74, 6) is 0.804. The lowest BCUT2D eigenvalue weighted by Gasteiger charge is -2.06. The van der Waals surface area contributed by atoms with Crippen molar-refractivity contribution in [2.45, 2.75) is 13.8 Å². The van der Waals surface area contributed by atoms with Crippen molar-refractivity contribution in [2.24, 2.45) is 0 Å². The normalized spacial score (nSPS) is 11.0. The molecular formula is C22H20O. The standard InChI is InChI=1S/C22H20O/c1-4-7-20-21(15-23-22(20)5-2)19-9-6-8-18(14-19)17-12-10-16(3)11-13-17/h4-15H,2H2,1,3H3/b7-4-. The molecule has 1 heteroatoms. The monoisotopic (exact) mass is 300 g/mol. The van der Waals surface area contributed by atoms with Crippen molar-refractivity contribution in [3.05, 3.63) is 84.3 Å². The minimum atomic E-state index is 0.804. The number of aryl methyl sites for hydroxylation is 1. The van der Waals surface area contributed by atoms with E-state index in [1.165, 1.54) is 16.7 Å². The molecule has 114 valence electrons. The highest BCUT2D eigenvalue weighted by atomic mass is 16.3. The Morgan fingerprint density at radius 3 is 2.39 bits per heavy atom. The second-order valence-electron chi connectivity index (χ2n) is 5.58. The molecule has 0 fully saturated rings. The van der Waals surface area contributed by atoms with E-state index in [0.717, 1.165) is 22.5 Å². The minimum absolute atomic E-state index is 0.804. The highest BCUT2D eigenvalue weighted by Gasteiger charge is 2.11. The lowest BCUT2D eigenvalue weighted by atomic mass is 9.97. The Hall–Kier alpha value is -2.80. The lowest BCUT2D eigenvalue weighted by molar-refractivity contribution is 0.557. The first-order chi connectivity index (χ1) is 11.2. The van der Waals surface area contributed by atoms with Crippen LogP contribution in [-0.4, -0.2) is 0 Å². The number of hydrogen-bond acceptors (Lipinski definition) is 1. The molecule has 3 aromatic rings. The van der Waals surface area contributed by atoms with Gasteiger partial charge in [-0.1, -0.05) is 66.8 Å². The summed E-state index contributed by atoms with van der Waals surface area (Å²) in [5, 5.41) is 0. The summed E-state index contributed by atoms with van der Waals surface area (Å²) in [6.07, 6.45) is 7.64. The topological polar surface area (TPSA) is 13.1 Å². The van der Waals surface area contributed by atoms with Gasteiger partial charge in [0, 0.05) is 11.1 Å². The van der Waals surface area contributed by atoms with Gasteiger partial charge >= 0.3 is 0 Å². The first-order valence-corrected chi connectivity index (χ1v) is 7.77. The van der Waals surface area contributed by atoms with E-state index in [1.54, 1.807) is 12.3 Å². The second kappa shape index (κ2) is 6.53. The van der Waals surface area contributed by atoms with Gasteiger partial charge in [-0.2, -0.15) is 0 Å². The van der Waals surface area contributed by atoms with Gasteiger partial charge in [-0.25, -0.2) is 0 Å². The maximum Gasteiger partial charge on any atom is 0.133 e. The zero-order valence-corrected chi connectivity index (χ0v) is 13.5. The fourth-order valence-electron chi connectivity index (χ4n) is 2.71. The van der Waals surface area contributed by atoms with Crippen LogP contribution in [0, 0.1) is 6.92 Å². The van der Waals surface area contributed by atoms with Crippen molar-refractivity contribution in [3.63, 3.8) is 0 Å². The van der Waals surface area contributed by atoms with Crippen LogP contribution >= 0.6 is 0 Å². The van der Waals surface area contributed by atoms with Gasteiger partial charge in [0.2, 0.25) is 0 Å². The van der Waals surface area contributed by atoms with Gasteiger partial charge in [0.05, 0.1) is 6.26 Å². The van der Waals surface area contributed by atoms with Gasteiger partial charge in [0.1, 0.15) is 5.76 Å². The quantitative estimate of drug-likeness (QED) is 0.529. The van der Waals surface area contributed by atoms with Gasteiger partial charge < -0.3 is 4.42 Å². The van der Waals surface area contributed by atoms with Crippen molar-refractivity contribution in [2.75, 3.05) is 0 Å². The van der Waals surface area contributed by atoms with E-state index >= 15 is 0 Å². The molecule has 1 aromatic heterocycles. The van der Waals surface area contributed by atoms with Crippen LogP contribution in [0.2, 0.25) is 0 Å². The van der Waals surface area contributed by atoms with Crippen molar-refractivity contribution < 1.29 is 4.42 Å². The molecule has 23 heavy (non-hydrogen) atoms. The molecule has 0 aliphatic heterocycles. The number of benzene rings is 2. The molecule has 0 atom stereocenters. The number of allylic oxidation sites excluding steroid dienone is 1. The summed E-state index contributed by atoms with van der Waals surface area (Å²) in [4.78, 5) is 0. The fourth-order valence-corrected chi connectivity index (χ4v) is 2.71. The molecule has 0 radical (unpaired) electrons. The van der Waals surface area contributed by atoms with Gasteiger partial charge in [0.15, 0.2) is 0 Å². The Bertz CT molecular complexity index is 848. The third-order valence-electron chi connectivity index (χ3n) is 3.94. The average Bonchev–Trinajstić information content (AvgIpc) is 2.99. The molecule has 0 aliphatic carbocycles. The Kier molecular flexibility index (Phi) is 4.29. The van der Waals surface area contributed by atoms with E-state index in [9.17, 15) is 0 Å². The van der Waals surface area contributed by atoms with Crippen molar-refractivity contribution >= 4 is 12.2 Å². The molecule has 0 bridgehead atoms. The molecule has 0 N–H and O–H groups in total. The average molecular weight is 300 g/mol. The summed E-state index contributed by atoms with van der Waals surface area (Å²) in [5.41, 5.74) is 7.00. The highest BCUT2D eigenvalue weighted by molar-refractivity contribution is 5.81. The molecule has 0 aliphatic rings. The highest BCUT2D eigenvalue weighted by Crippen LogP contribution is 2.32. The summed E-state index contributed by atoms with van der Waals surface area (Å²) >= 11 is 0. The Balaban J connectivity index is 2.08. The predicted octanol–water partition coefficient (Wildman–Crippen LogP) is 6.60. The SMILES string of the molecule is C=Cc1occ(-c2cccc(-c3ccc(C)cc3)c2)c1/C=C\C. The molecule has 1 nitrogen and oxygen atoms in total. The Morgan fingerprint density at radius 1 is 0.957 bits per heavy atom. The maximum atomic E-state index is 5.64. The molecule has 3 rings (SSSR count). The van der Waals surface area contributed by atoms with Crippen LogP contribution in [0.25, 0.3) is 34.4 Å². The molecule has 0 saturated heterocycles. The van der Waals surface area contributed by atoms with E-state index in [2.05, 4.69) is 68.1 Å². The smallest absolute Gasteiger partial charge is 0.133 e. The van der Waals surface area contributed by atoms with Gasteiger partial charge in [0.25, 0.3) is 0 Å². The van der Waals surface area contributed by atoms with Crippen LogP contribution in [0.5, 0.6) is 0 Å². The Labute approximate surface area is 137 Å². The van der Waals surface area contributed by atoms with Crippen LogP contribution < -0.4 is 0 Å². The fraction of sp³-hybridized carbons (Fsp3) is 0.0909. The van der Waals surface area contributed by atoms with Crippen LogP contribution in [0.1, 0.15) is 23.8 Å². The van der Waals surface area contributed by atoms with Gasteiger partial charge in [-0.15, -0.1) is 0 Å². The largest absolute Gasteiger partial charge is 0.464 e. The molecule has 0 amide bonds. The van der Waals surface area contributed by atoms with Crippen molar-refractivity contribution in [1.82, 2.24) is 0 Å². The molecule has 0 unspecified atom stereocenters. The van der Waals surface area contributed by atoms with Crippen LogP contribution in [-0.2, 0) is 0 Å². The van der Waals surface area contributed by atoms with Gasteiger partial charge in [-0.3, -0.25) is 0 Å². The van der Waals surface area contributed by atoms with E-state index in [-0.39, 0.29) is 0 Å². The first-order valence-electron chi connectivity index (χ1n) is 7.77. The zero-order chi connectivity index (χ0) is 16.2. The van der Waals surface area contributed by atoms with Crippen molar-refractivity contribution in [3.8, 4) is 22.3 Å². The molecule has 2 aromatic carbocycles. The minimum Gasteiger partial charge on any atom is -0.464 e.